The van der Waals surface area contributed by atoms with Gasteiger partial charge in [-0.2, -0.15) is 0 Å². The van der Waals surface area contributed by atoms with Crippen LogP contribution >= 0.6 is 12.6 Å². The molecule has 0 rings (SSSR count). The van der Waals surface area contributed by atoms with Crippen molar-refractivity contribution in [3.63, 3.8) is 0 Å². The Morgan fingerprint density at radius 1 is 1.25 bits per heavy atom. The molecule has 0 aromatic rings. The van der Waals surface area contributed by atoms with Crippen molar-refractivity contribution in [3.8, 4) is 0 Å². The summed E-state index contributed by atoms with van der Waals surface area (Å²) in [5.41, 5.74) is 0. The minimum Gasteiger partial charge on any atom is -0.461 e. The molecule has 0 saturated heterocycles. The molecule has 0 spiro atoms. The third kappa shape index (κ3) is 5.75. The molecule has 0 fully saturated rings. The molecule has 0 saturated carbocycles. The first kappa shape index (κ1) is 15.8. The SMILES string of the molecule is CC(C)C[C@@](S)(NC(C)C)C(=O)OC(C)C. The fourth-order valence-corrected chi connectivity index (χ4v) is 2.26. The topological polar surface area (TPSA) is 38.3 Å². The number of rotatable bonds is 6. The summed E-state index contributed by atoms with van der Waals surface area (Å²) in [5.74, 6) is 0.0942. The molecule has 0 heterocycles. The van der Waals surface area contributed by atoms with E-state index in [2.05, 4.69) is 31.8 Å². The zero-order valence-electron chi connectivity index (χ0n) is 11.2. The quantitative estimate of drug-likeness (QED) is 0.430. The number of carbonyl (C=O) groups excluding carboxylic acids is 1. The smallest absolute Gasteiger partial charge is 0.336 e. The van der Waals surface area contributed by atoms with Crippen molar-refractivity contribution >= 4 is 18.6 Å². The van der Waals surface area contributed by atoms with E-state index in [4.69, 9.17) is 4.74 Å². The largest absolute Gasteiger partial charge is 0.461 e. The number of thiol groups is 1. The van der Waals surface area contributed by atoms with Gasteiger partial charge < -0.3 is 4.74 Å². The first-order chi connectivity index (χ1) is 7.17. The van der Waals surface area contributed by atoms with Crippen LogP contribution in [0.4, 0.5) is 0 Å². The van der Waals surface area contributed by atoms with Crippen LogP contribution in [0.3, 0.4) is 0 Å². The van der Waals surface area contributed by atoms with Crippen molar-refractivity contribution in [2.75, 3.05) is 0 Å². The summed E-state index contributed by atoms with van der Waals surface area (Å²) in [5, 5.41) is 3.18. The number of carbonyl (C=O) groups is 1. The van der Waals surface area contributed by atoms with E-state index in [9.17, 15) is 4.79 Å². The van der Waals surface area contributed by atoms with Crippen LogP contribution in [0.2, 0.25) is 0 Å². The molecular formula is C12H25NO2S. The minimum atomic E-state index is -0.882. The highest BCUT2D eigenvalue weighted by Crippen LogP contribution is 2.24. The van der Waals surface area contributed by atoms with Crippen molar-refractivity contribution in [1.29, 1.82) is 0 Å². The van der Waals surface area contributed by atoms with Crippen LogP contribution in [0, 0.1) is 5.92 Å². The lowest BCUT2D eigenvalue weighted by Gasteiger charge is -2.31. The number of hydrogen-bond donors (Lipinski definition) is 2. The molecule has 0 unspecified atom stereocenters. The van der Waals surface area contributed by atoms with Crippen LogP contribution in [0.15, 0.2) is 0 Å². The van der Waals surface area contributed by atoms with Crippen LogP contribution in [0.5, 0.6) is 0 Å². The molecule has 0 aliphatic carbocycles. The van der Waals surface area contributed by atoms with Crippen molar-refractivity contribution in [3.05, 3.63) is 0 Å². The van der Waals surface area contributed by atoms with Gasteiger partial charge in [0, 0.05) is 6.04 Å². The Morgan fingerprint density at radius 2 is 1.75 bits per heavy atom. The monoisotopic (exact) mass is 247 g/mol. The van der Waals surface area contributed by atoms with Crippen molar-refractivity contribution < 1.29 is 9.53 Å². The van der Waals surface area contributed by atoms with Crippen molar-refractivity contribution in [2.24, 2.45) is 5.92 Å². The van der Waals surface area contributed by atoms with Crippen LogP contribution in [-0.4, -0.2) is 23.0 Å². The average Bonchev–Trinajstić information content (AvgIpc) is 1.98. The van der Waals surface area contributed by atoms with Crippen LogP contribution in [0.1, 0.15) is 48.0 Å². The number of nitrogens with one attached hydrogen (secondary N) is 1. The molecule has 3 nitrogen and oxygen atoms in total. The third-order valence-electron chi connectivity index (χ3n) is 1.91. The highest BCUT2D eigenvalue weighted by atomic mass is 32.1. The summed E-state index contributed by atoms with van der Waals surface area (Å²) >= 11 is 4.48. The predicted octanol–water partition coefficient (Wildman–Crippen LogP) is 2.61. The van der Waals surface area contributed by atoms with Gasteiger partial charge in [0.25, 0.3) is 0 Å². The lowest BCUT2D eigenvalue weighted by molar-refractivity contribution is -0.152. The maximum atomic E-state index is 12.0. The van der Waals surface area contributed by atoms with Gasteiger partial charge in [-0.05, 0) is 40.0 Å². The Morgan fingerprint density at radius 3 is 2.06 bits per heavy atom. The van der Waals surface area contributed by atoms with Gasteiger partial charge in [0.2, 0.25) is 0 Å². The number of esters is 1. The summed E-state index contributed by atoms with van der Waals surface area (Å²) in [4.78, 5) is 11.1. The molecule has 96 valence electrons. The highest BCUT2D eigenvalue weighted by molar-refractivity contribution is 7.82. The van der Waals surface area contributed by atoms with Crippen LogP contribution < -0.4 is 5.32 Å². The Hall–Kier alpha value is -0.220. The molecule has 1 atom stereocenters. The summed E-state index contributed by atoms with van der Waals surface area (Å²) in [7, 11) is 0. The van der Waals surface area contributed by atoms with Gasteiger partial charge in [-0.15, -0.1) is 12.6 Å². The highest BCUT2D eigenvalue weighted by Gasteiger charge is 2.37. The minimum absolute atomic E-state index is 0.111. The van der Waals surface area contributed by atoms with Crippen LogP contribution in [0.25, 0.3) is 0 Å². The van der Waals surface area contributed by atoms with Gasteiger partial charge in [-0.1, -0.05) is 13.8 Å². The lowest BCUT2D eigenvalue weighted by Crippen LogP contribution is -2.52. The van der Waals surface area contributed by atoms with Crippen molar-refractivity contribution in [2.45, 2.75) is 65.0 Å². The zero-order chi connectivity index (χ0) is 12.9. The predicted molar refractivity (Wildman–Crippen MR) is 70.7 cm³/mol. The first-order valence-corrected chi connectivity index (χ1v) is 6.33. The first-order valence-electron chi connectivity index (χ1n) is 5.88. The molecular weight excluding hydrogens is 222 g/mol. The van der Waals surface area contributed by atoms with E-state index in [0.29, 0.717) is 12.3 Å². The standard InChI is InChI=1S/C12H25NO2S/c1-8(2)7-12(16,13-9(3)4)11(14)15-10(5)6/h8-10,13,16H,7H2,1-6H3/t12-/m0/s1. The molecule has 1 N–H and O–H groups in total. The van der Waals surface area contributed by atoms with Gasteiger partial charge in [0.05, 0.1) is 6.10 Å². The van der Waals surface area contributed by atoms with Gasteiger partial charge in [-0.3, -0.25) is 5.32 Å². The van der Waals surface area contributed by atoms with Gasteiger partial charge in [-0.25, -0.2) is 4.79 Å². The van der Waals surface area contributed by atoms with E-state index in [1.165, 1.54) is 0 Å². The Bertz CT molecular complexity index is 217. The fourth-order valence-electron chi connectivity index (χ4n) is 1.58. The third-order valence-corrected chi connectivity index (χ3v) is 2.41. The van der Waals surface area contributed by atoms with Gasteiger partial charge >= 0.3 is 5.97 Å². The molecule has 0 amide bonds. The molecule has 0 radical (unpaired) electrons. The number of ether oxygens (including phenoxy) is 1. The second kappa shape index (κ2) is 6.50. The molecule has 16 heavy (non-hydrogen) atoms. The molecule has 0 bridgehead atoms. The molecule has 0 aromatic carbocycles. The fraction of sp³-hybridized carbons (Fsp3) is 0.917. The summed E-state index contributed by atoms with van der Waals surface area (Å²) in [6, 6.07) is 0.191. The summed E-state index contributed by atoms with van der Waals surface area (Å²) < 4.78 is 5.24. The van der Waals surface area contributed by atoms with Gasteiger partial charge in [0.1, 0.15) is 0 Å². The van der Waals surface area contributed by atoms with E-state index >= 15 is 0 Å². The normalized spacial score (nSPS) is 15.6. The Balaban J connectivity index is 4.69. The average molecular weight is 247 g/mol. The zero-order valence-corrected chi connectivity index (χ0v) is 12.1. The van der Waals surface area contributed by atoms with E-state index in [1.54, 1.807) is 0 Å². The second-order valence-corrected chi connectivity index (χ2v) is 5.97. The maximum absolute atomic E-state index is 12.0. The van der Waals surface area contributed by atoms with E-state index in [1.807, 2.05) is 27.7 Å². The number of hydrogen-bond acceptors (Lipinski definition) is 4. The van der Waals surface area contributed by atoms with Gasteiger partial charge in [0.15, 0.2) is 4.87 Å². The molecule has 0 aromatic heterocycles. The molecule has 0 aliphatic rings. The van der Waals surface area contributed by atoms with E-state index in [-0.39, 0.29) is 18.1 Å². The summed E-state index contributed by atoms with van der Waals surface area (Å²) in [6.45, 7) is 11.8. The summed E-state index contributed by atoms with van der Waals surface area (Å²) in [6.07, 6.45) is 0.542. The maximum Gasteiger partial charge on any atom is 0.336 e. The second-order valence-electron chi connectivity index (χ2n) is 5.21. The van der Waals surface area contributed by atoms with Crippen molar-refractivity contribution in [1.82, 2.24) is 5.32 Å². The Kier molecular flexibility index (Phi) is 6.41. The Labute approximate surface area is 105 Å². The van der Waals surface area contributed by atoms with E-state index < -0.39 is 4.87 Å². The lowest BCUT2D eigenvalue weighted by atomic mass is 10.0. The van der Waals surface area contributed by atoms with E-state index in [0.717, 1.165) is 0 Å². The van der Waals surface area contributed by atoms with Crippen LogP contribution in [-0.2, 0) is 9.53 Å². The molecule has 0 aliphatic heterocycles. The molecule has 4 heteroatoms.